The van der Waals surface area contributed by atoms with Crippen molar-refractivity contribution in [3.63, 3.8) is 0 Å². The Hall–Kier alpha value is -1.36. The third-order valence-corrected chi connectivity index (χ3v) is 1.66. The Morgan fingerprint density at radius 3 is 2.19 bits per heavy atom. The van der Waals surface area contributed by atoms with E-state index in [0.29, 0.717) is 18.5 Å². The maximum absolute atomic E-state index is 10.9. The van der Waals surface area contributed by atoms with Gasteiger partial charge < -0.3 is 4.74 Å². The van der Waals surface area contributed by atoms with Gasteiger partial charge in [-0.25, -0.2) is 0 Å². The number of carbonyl (C=O) groups excluding carboxylic acids is 2. The molecule has 1 rings (SSSR count). The zero-order valence-electron chi connectivity index (χ0n) is 8.54. The van der Waals surface area contributed by atoms with Crippen LogP contribution in [0.5, 0.6) is 0 Å². The molecular formula is C10H10O5Se. The second-order valence-corrected chi connectivity index (χ2v) is 2.97. The number of hydrogen-bond acceptors (Lipinski definition) is 5. The van der Waals surface area contributed by atoms with Crippen LogP contribution >= 0.6 is 0 Å². The third kappa shape index (κ3) is 5.50. The van der Waals surface area contributed by atoms with E-state index in [2.05, 4.69) is 0 Å². The van der Waals surface area contributed by atoms with Crippen molar-refractivity contribution < 1.29 is 22.0 Å². The molecule has 0 bridgehead atoms. The van der Waals surface area contributed by atoms with Crippen LogP contribution in [0.2, 0.25) is 0 Å². The van der Waals surface area contributed by atoms with Crippen molar-refractivity contribution in [3.8, 4) is 0 Å². The monoisotopic (exact) mass is 290 g/mol. The van der Waals surface area contributed by atoms with Gasteiger partial charge in [-0.1, -0.05) is 24.3 Å². The fourth-order valence-corrected chi connectivity index (χ4v) is 1.000. The van der Waals surface area contributed by atoms with E-state index in [-0.39, 0.29) is 0 Å². The van der Waals surface area contributed by atoms with Crippen molar-refractivity contribution >= 4 is 26.9 Å². The second-order valence-electron chi connectivity index (χ2n) is 2.68. The molecule has 6 heteroatoms. The van der Waals surface area contributed by atoms with Crippen molar-refractivity contribution in [1.82, 2.24) is 0 Å². The second kappa shape index (κ2) is 8.91. The molecule has 0 amide bonds. The van der Waals surface area contributed by atoms with Crippen LogP contribution in [-0.4, -0.2) is 34.0 Å². The van der Waals surface area contributed by atoms with Crippen LogP contribution in [0, 0.1) is 0 Å². The number of rotatable bonds is 4. The summed E-state index contributed by atoms with van der Waals surface area (Å²) in [7, 11) is 1.60. The summed E-state index contributed by atoms with van der Waals surface area (Å²) >= 11 is -1.62. The van der Waals surface area contributed by atoms with Crippen LogP contribution in [0.3, 0.4) is 0 Å². The summed E-state index contributed by atoms with van der Waals surface area (Å²) in [6.07, 6.45) is 0.311. The van der Waals surface area contributed by atoms with E-state index < -0.39 is 20.6 Å². The van der Waals surface area contributed by atoms with Gasteiger partial charge >= 0.3 is 22.5 Å². The number of carbonyl (C=O) groups is 2. The third-order valence-electron chi connectivity index (χ3n) is 1.66. The van der Waals surface area contributed by atoms with Crippen LogP contribution in [0.1, 0.15) is 15.9 Å². The fraction of sp³-hybridized carbons (Fsp3) is 0.200. The molecule has 0 N–H and O–H groups in total. The predicted octanol–water partition coefficient (Wildman–Crippen LogP) is 0.596. The summed E-state index contributed by atoms with van der Waals surface area (Å²) in [6, 6.07) is 6.76. The van der Waals surface area contributed by atoms with Crippen molar-refractivity contribution in [2.45, 2.75) is 6.61 Å². The fourth-order valence-electron chi connectivity index (χ4n) is 1.000. The molecule has 1 aromatic rings. The number of Topliss-reactive ketones (excluding diaryl/α,β-unsaturated/α-hetero) is 1. The first-order chi connectivity index (χ1) is 7.69. The Balaban J connectivity index is 0.000000673. The molecule has 1 aromatic carbocycles. The minimum absolute atomic E-state index is 0.311. The molecule has 0 radical (unpaired) electrons. The van der Waals surface area contributed by atoms with Crippen molar-refractivity contribution in [2.75, 3.05) is 7.11 Å². The summed E-state index contributed by atoms with van der Waals surface area (Å²) in [5, 5.41) is 0. The molecule has 0 aliphatic carbocycles. The van der Waals surface area contributed by atoms with Gasteiger partial charge in [0.05, 0.1) is 6.61 Å². The summed E-state index contributed by atoms with van der Waals surface area (Å²) in [4.78, 5) is 21.0. The Bertz CT molecular complexity index is 379. The van der Waals surface area contributed by atoms with E-state index in [0.717, 1.165) is 5.56 Å². The summed E-state index contributed by atoms with van der Waals surface area (Å²) in [5.74, 6) is -0.496. The molecule has 0 aromatic heterocycles. The molecule has 86 valence electrons. The Morgan fingerprint density at radius 2 is 1.81 bits per heavy atom. The van der Waals surface area contributed by atoms with Gasteiger partial charge in [0.15, 0.2) is 6.29 Å². The first-order valence-corrected chi connectivity index (χ1v) is 5.58. The number of ether oxygens (including phenoxy) is 1. The average Bonchev–Trinajstić information content (AvgIpc) is 2.30. The zero-order chi connectivity index (χ0) is 12.4. The van der Waals surface area contributed by atoms with Gasteiger partial charge in [-0.3, -0.25) is 9.59 Å². The predicted molar refractivity (Wildman–Crippen MR) is 54.7 cm³/mol. The van der Waals surface area contributed by atoms with Gasteiger partial charge in [-0.2, -0.15) is 0 Å². The van der Waals surface area contributed by atoms with E-state index in [9.17, 15) is 9.59 Å². The number of hydrogen-bond donors (Lipinski definition) is 0. The van der Waals surface area contributed by atoms with E-state index >= 15 is 0 Å². The van der Waals surface area contributed by atoms with Crippen molar-refractivity contribution in [2.24, 2.45) is 0 Å². The van der Waals surface area contributed by atoms with E-state index in [1.165, 1.54) is 0 Å². The molecule has 0 fully saturated rings. The molecule has 0 aliphatic rings. The Morgan fingerprint density at radius 1 is 1.31 bits per heavy atom. The van der Waals surface area contributed by atoms with Crippen LogP contribution in [0.15, 0.2) is 24.3 Å². The number of benzene rings is 1. The quantitative estimate of drug-likeness (QED) is 0.351. The molecule has 5 nitrogen and oxygen atoms in total. The molecule has 0 aliphatic heterocycles. The molecule has 0 heterocycles. The topological polar surface area (TPSA) is 77.5 Å². The van der Waals surface area contributed by atoms with Crippen LogP contribution < -0.4 is 0 Å². The van der Waals surface area contributed by atoms with E-state index in [1.54, 1.807) is 31.4 Å². The SMILES string of the molecule is COCc1ccc(C(=O)C=O)cc1.O=[Se]=O. The minimum atomic E-state index is -1.62. The standard InChI is InChI=1S/C10H10O3.O2Se/c1-13-7-8-2-4-9(5-3-8)10(12)6-11;1-3-2/h2-6H,7H2,1H3;. The van der Waals surface area contributed by atoms with Gasteiger partial charge in [0.25, 0.3) is 0 Å². The average molecular weight is 289 g/mol. The summed E-state index contributed by atoms with van der Waals surface area (Å²) in [6.45, 7) is 0.509. The Kier molecular flexibility index (Phi) is 8.15. The molecule has 0 saturated carbocycles. The molecule has 0 saturated heterocycles. The van der Waals surface area contributed by atoms with E-state index in [1.807, 2.05) is 0 Å². The molecule has 0 spiro atoms. The number of methoxy groups -OCH3 is 1. The first-order valence-electron chi connectivity index (χ1n) is 4.18. The maximum atomic E-state index is 10.9. The van der Waals surface area contributed by atoms with Gasteiger partial charge in [-0.15, -0.1) is 0 Å². The van der Waals surface area contributed by atoms with Crippen LogP contribution in [-0.2, 0) is 23.8 Å². The Labute approximate surface area is 98.4 Å². The van der Waals surface area contributed by atoms with Crippen LogP contribution in [0.4, 0.5) is 0 Å². The van der Waals surface area contributed by atoms with Crippen molar-refractivity contribution in [3.05, 3.63) is 35.4 Å². The number of aldehydes is 1. The molecular weight excluding hydrogens is 279 g/mol. The number of ketones is 1. The van der Waals surface area contributed by atoms with Crippen molar-refractivity contribution in [1.29, 1.82) is 0 Å². The van der Waals surface area contributed by atoms with Gasteiger partial charge in [0.1, 0.15) is 0 Å². The van der Waals surface area contributed by atoms with Crippen LogP contribution in [0.25, 0.3) is 0 Å². The van der Waals surface area contributed by atoms with Gasteiger partial charge in [0, 0.05) is 12.7 Å². The van der Waals surface area contributed by atoms with Gasteiger partial charge in [0.2, 0.25) is 5.78 Å². The van der Waals surface area contributed by atoms with E-state index in [4.69, 9.17) is 12.4 Å². The molecule has 0 unspecified atom stereocenters. The van der Waals surface area contributed by atoms with Gasteiger partial charge in [-0.05, 0) is 5.56 Å². The molecule has 16 heavy (non-hydrogen) atoms. The summed E-state index contributed by atoms with van der Waals surface area (Å²) in [5.41, 5.74) is 1.39. The normalized spacial score (nSPS) is 8.56. The zero-order valence-corrected chi connectivity index (χ0v) is 10.3. The first kappa shape index (κ1) is 14.6. The molecule has 0 atom stereocenters. The summed E-state index contributed by atoms with van der Waals surface area (Å²) < 4.78 is 21.8.